The molecule has 6 heteroatoms. The highest BCUT2D eigenvalue weighted by Crippen LogP contribution is 2.38. The van der Waals surface area contributed by atoms with Crippen LogP contribution in [0.2, 0.25) is 0 Å². The van der Waals surface area contributed by atoms with Crippen LogP contribution in [0.15, 0.2) is 34.9 Å². The fourth-order valence-electron chi connectivity index (χ4n) is 3.48. The molecule has 0 unspecified atom stereocenters. The third-order valence-corrected chi connectivity index (χ3v) is 5.14. The van der Waals surface area contributed by atoms with E-state index in [4.69, 9.17) is 10.3 Å². The van der Waals surface area contributed by atoms with E-state index in [0.29, 0.717) is 11.7 Å². The summed E-state index contributed by atoms with van der Waals surface area (Å²) < 4.78 is 7.77. The van der Waals surface area contributed by atoms with Crippen LogP contribution in [0.25, 0.3) is 17.1 Å². The molecule has 2 aromatic heterocycles. The third-order valence-electron chi connectivity index (χ3n) is 5.14. The van der Waals surface area contributed by atoms with Crippen LogP contribution in [0.1, 0.15) is 42.0 Å². The molecule has 1 aliphatic carbocycles. The Kier molecular flexibility index (Phi) is 4.47. The van der Waals surface area contributed by atoms with E-state index in [1.165, 1.54) is 11.3 Å². The van der Waals surface area contributed by atoms with Crippen LogP contribution in [0.3, 0.4) is 0 Å². The van der Waals surface area contributed by atoms with E-state index in [9.17, 15) is 0 Å². The number of aryl methyl sites for hydroxylation is 2. The molecule has 2 N–H and O–H groups in total. The molecular weight excluding hydrogens is 336 g/mol. The maximum Gasteiger partial charge on any atom is 0.259 e. The van der Waals surface area contributed by atoms with Gasteiger partial charge in [0.05, 0.1) is 11.1 Å². The minimum absolute atomic E-state index is 0. The summed E-state index contributed by atoms with van der Waals surface area (Å²) in [5.74, 6) is 1.18. The van der Waals surface area contributed by atoms with Crippen molar-refractivity contribution in [3.05, 3.63) is 53.1 Å². The van der Waals surface area contributed by atoms with E-state index in [2.05, 4.69) is 65.8 Å². The van der Waals surface area contributed by atoms with Crippen LogP contribution < -0.4 is 5.73 Å². The summed E-state index contributed by atoms with van der Waals surface area (Å²) in [7, 11) is 0. The van der Waals surface area contributed by atoms with Crippen LogP contribution in [0.4, 0.5) is 0 Å². The zero-order chi connectivity index (χ0) is 16.9. The number of para-hydroxylation sites is 1. The highest BCUT2D eigenvalue weighted by molar-refractivity contribution is 5.85. The van der Waals surface area contributed by atoms with Crippen molar-refractivity contribution < 1.29 is 4.52 Å². The minimum atomic E-state index is -0.400. The van der Waals surface area contributed by atoms with Gasteiger partial charge in [0, 0.05) is 17.1 Å². The van der Waals surface area contributed by atoms with Gasteiger partial charge < -0.3 is 14.8 Å². The zero-order valence-electron chi connectivity index (χ0n) is 14.7. The Morgan fingerprint density at radius 3 is 2.52 bits per heavy atom. The molecule has 2 heterocycles. The minimum Gasteiger partial charge on any atom is -0.334 e. The normalized spacial score (nSPS) is 15.5. The zero-order valence-corrected chi connectivity index (χ0v) is 15.6. The van der Waals surface area contributed by atoms with Crippen molar-refractivity contribution in [2.24, 2.45) is 5.73 Å². The first kappa shape index (κ1) is 17.7. The molecule has 5 nitrogen and oxygen atoms in total. The second kappa shape index (κ2) is 6.32. The van der Waals surface area contributed by atoms with Crippen molar-refractivity contribution in [3.8, 4) is 17.1 Å². The Morgan fingerprint density at radius 2 is 1.88 bits per heavy atom. The van der Waals surface area contributed by atoms with Gasteiger partial charge >= 0.3 is 0 Å². The van der Waals surface area contributed by atoms with E-state index in [0.717, 1.165) is 36.2 Å². The van der Waals surface area contributed by atoms with E-state index in [1.54, 1.807) is 0 Å². The topological polar surface area (TPSA) is 69.9 Å². The van der Waals surface area contributed by atoms with Crippen LogP contribution in [-0.2, 0) is 5.54 Å². The second-order valence-electron chi connectivity index (χ2n) is 6.84. The SMILES string of the molecule is Cc1ccccc1-n1c(C)cc(-c2nc(C3(N)CCC3)no2)c1C.Cl. The molecule has 0 bridgehead atoms. The van der Waals surface area contributed by atoms with Crippen LogP contribution in [-0.4, -0.2) is 14.7 Å². The predicted octanol–water partition coefficient (Wildman–Crippen LogP) is 4.21. The van der Waals surface area contributed by atoms with Gasteiger partial charge in [-0.05, 0) is 57.7 Å². The number of rotatable bonds is 3. The number of nitrogens with zero attached hydrogens (tertiary/aromatic N) is 3. The first-order valence-corrected chi connectivity index (χ1v) is 8.38. The Hall–Kier alpha value is -2.11. The highest BCUT2D eigenvalue weighted by Gasteiger charge is 2.39. The molecule has 1 fully saturated rings. The number of hydrogen-bond donors (Lipinski definition) is 1. The summed E-state index contributed by atoms with van der Waals surface area (Å²) in [6, 6.07) is 10.5. The summed E-state index contributed by atoms with van der Waals surface area (Å²) in [6.45, 7) is 6.30. The standard InChI is InChI=1S/C19H22N4O.ClH/c1-12-7-4-5-8-16(12)23-13(2)11-15(14(23)3)17-21-18(22-24-17)19(20)9-6-10-19;/h4-5,7-8,11H,6,9-10,20H2,1-3H3;1H. The lowest BCUT2D eigenvalue weighted by atomic mass is 9.77. The molecule has 132 valence electrons. The van der Waals surface area contributed by atoms with Gasteiger partial charge in [-0.1, -0.05) is 23.4 Å². The van der Waals surface area contributed by atoms with Gasteiger partial charge in [0.25, 0.3) is 5.89 Å². The number of halogens is 1. The van der Waals surface area contributed by atoms with Gasteiger partial charge in [0.1, 0.15) is 0 Å². The predicted molar refractivity (Wildman–Crippen MR) is 100 cm³/mol. The van der Waals surface area contributed by atoms with Gasteiger partial charge in [-0.15, -0.1) is 12.4 Å². The summed E-state index contributed by atoms with van der Waals surface area (Å²) in [5, 5.41) is 4.14. The average molecular weight is 359 g/mol. The third kappa shape index (κ3) is 2.77. The van der Waals surface area contributed by atoms with Crippen molar-refractivity contribution in [3.63, 3.8) is 0 Å². The Bertz CT molecular complexity index is 908. The summed E-state index contributed by atoms with van der Waals surface area (Å²) in [5.41, 5.74) is 11.5. The van der Waals surface area contributed by atoms with E-state index in [1.807, 2.05) is 0 Å². The summed E-state index contributed by atoms with van der Waals surface area (Å²) >= 11 is 0. The lowest BCUT2D eigenvalue weighted by molar-refractivity contribution is 0.229. The quantitative estimate of drug-likeness (QED) is 0.761. The number of nitrogens with two attached hydrogens (primary N) is 1. The lowest BCUT2D eigenvalue weighted by Gasteiger charge is -2.34. The molecule has 0 amide bonds. The fourth-order valence-corrected chi connectivity index (χ4v) is 3.48. The Morgan fingerprint density at radius 1 is 1.16 bits per heavy atom. The van der Waals surface area contributed by atoms with Crippen molar-refractivity contribution >= 4 is 12.4 Å². The molecule has 0 atom stereocenters. The van der Waals surface area contributed by atoms with Crippen LogP contribution in [0, 0.1) is 20.8 Å². The molecule has 0 radical (unpaired) electrons. The van der Waals surface area contributed by atoms with E-state index < -0.39 is 5.54 Å². The average Bonchev–Trinajstić information content (AvgIpc) is 3.11. The largest absolute Gasteiger partial charge is 0.334 e. The van der Waals surface area contributed by atoms with Crippen molar-refractivity contribution in [1.82, 2.24) is 14.7 Å². The molecule has 4 rings (SSSR count). The van der Waals surface area contributed by atoms with Crippen LogP contribution >= 0.6 is 12.4 Å². The van der Waals surface area contributed by atoms with Gasteiger partial charge in [-0.3, -0.25) is 0 Å². The lowest BCUT2D eigenvalue weighted by Crippen LogP contribution is -2.44. The van der Waals surface area contributed by atoms with Crippen molar-refractivity contribution in [1.29, 1.82) is 0 Å². The molecular formula is C19H23ClN4O. The fraction of sp³-hybridized carbons (Fsp3) is 0.368. The highest BCUT2D eigenvalue weighted by atomic mass is 35.5. The van der Waals surface area contributed by atoms with Crippen molar-refractivity contribution in [2.45, 2.75) is 45.6 Å². The monoisotopic (exact) mass is 358 g/mol. The van der Waals surface area contributed by atoms with E-state index in [-0.39, 0.29) is 12.4 Å². The summed E-state index contributed by atoms with van der Waals surface area (Å²) in [6.07, 6.45) is 2.98. The molecule has 3 aromatic rings. The van der Waals surface area contributed by atoms with Gasteiger partial charge in [-0.25, -0.2) is 0 Å². The number of aromatic nitrogens is 3. The molecule has 1 saturated carbocycles. The number of hydrogen-bond acceptors (Lipinski definition) is 4. The Labute approximate surface area is 153 Å². The first-order valence-electron chi connectivity index (χ1n) is 8.38. The van der Waals surface area contributed by atoms with Crippen LogP contribution in [0.5, 0.6) is 0 Å². The number of benzene rings is 1. The van der Waals surface area contributed by atoms with E-state index >= 15 is 0 Å². The molecule has 1 aliphatic rings. The van der Waals surface area contributed by atoms with Gasteiger partial charge in [0.2, 0.25) is 0 Å². The maximum absolute atomic E-state index is 6.31. The maximum atomic E-state index is 6.31. The summed E-state index contributed by atoms with van der Waals surface area (Å²) in [4.78, 5) is 4.59. The van der Waals surface area contributed by atoms with Gasteiger partial charge in [-0.2, -0.15) is 4.98 Å². The first-order chi connectivity index (χ1) is 11.5. The Balaban J connectivity index is 0.00000182. The van der Waals surface area contributed by atoms with Crippen molar-refractivity contribution in [2.75, 3.05) is 0 Å². The molecule has 25 heavy (non-hydrogen) atoms. The molecule has 0 aliphatic heterocycles. The second-order valence-corrected chi connectivity index (χ2v) is 6.84. The molecule has 0 saturated heterocycles. The molecule has 1 aromatic carbocycles. The molecule has 0 spiro atoms. The van der Waals surface area contributed by atoms with Gasteiger partial charge in [0.15, 0.2) is 5.82 Å². The smallest absolute Gasteiger partial charge is 0.259 e.